The Kier molecular flexibility index (Phi) is 3.76. The molecule has 0 saturated heterocycles. The summed E-state index contributed by atoms with van der Waals surface area (Å²) in [5.41, 5.74) is 6.53. The molecule has 0 spiro atoms. The molecule has 0 saturated carbocycles. The van der Waals surface area contributed by atoms with Crippen molar-refractivity contribution in [3.63, 3.8) is 0 Å². The fourth-order valence-electron chi connectivity index (χ4n) is 4.66. The molecule has 0 radical (unpaired) electrons. The van der Waals surface area contributed by atoms with E-state index in [4.69, 9.17) is 0 Å². The highest BCUT2D eigenvalue weighted by atomic mass is 14.9. The van der Waals surface area contributed by atoms with Gasteiger partial charge in [0, 0.05) is 6.07 Å². The molecule has 2 heteroatoms. The van der Waals surface area contributed by atoms with Crippen molar-refractivity contribution in [2.24, 2.45) is 0 Å². The summed E-state index contributed by atoms with van der Waals surface area (Å²) in [4.78, 5) is 0. The second kappa shape index (κ2) is 6.41. The number of hydrogen-bond acceptors (Lipinski definition) is 0. The monoisotopic (exact) mass is 345 g/mol. The van der Waals surface area contributed by atoms with Gasteiger partial charge in [-0.15, -0.1) is 16.4 Å². The standard InChI is InChI=1S/C25H20BN/c1-4-12-21(13-5-1)25-20-24-18-10-11-19-27(24)26(25,22-14-6-2-7-15-22)23-16-8-3-9-17-23/h1-20H. The first-order valence-electron chi connectivity index (χ1n) is 9.45. The largest absolute Gasteiger partial charge is 0.409 e. The van der Waals surface area contributed by atoms with Crippen LogP contribution in [0.1, 0.15) is 11.3 Å². The molecule has 0 amide bonds. The summed E-state index contributed by atoms with van der Waals surface area (Å²) in [5, 5.41) is 0. The fourth-order valence-corrected chi connectivity index (χ4v) is 4.66. The topological polar surface area (TPSA) is 3.88 Å². The lowest BCUT2D eigenvalue weighted by Crippen LogP contribution is -2.78. The summed E-state index contributed by atoms with van der Waals surface area (Å²) >= 11 is 0. The van der Waals surface area contributed by atoms with E-state index in [-0.39, 0.29) is 0 Å². The third-order valence-corrected chi connectivity index (χ3v) is 5.76. The van der Waals surface area contributed by atoms with Crippen LogP contribution in [0.15, 0.2) is 115 Å². The molecule has 1 aromatic heterocycles. The zero-order chi connectivity index (χ0) is 18.1. The Labute approximate surface area is 160 Å². The summed E-state index contributed by atoms with van der Waals surface area (Å²) < 4.78 is 2.47. The van der Waals surface area contributed by atoms with Crippen LogP contribution >= 0.6 is 0 Å². The molecule has 3 aromatic carbocycles. The highest BCUT2D eigenvalue weighted by Crippen LogP contribution is 2.30. The van der Waals surface area contributed by atoms with Crippen molar-refractivity contribution in [3.05, 3.63) is 127 Å². The maximum Gasteiger partial charge on any atom is 0.361 e. The molecule has 2 heterocycles. The van der Waals surface area contributed by atoms with Crippen molar-refractivity contribution < 1.29 is 4.48 Å². The van der Waals surface area contributed by atoms with Gasteiger partial charge in [0.05, 0.1) is 0 Å². The van der Waals surface area contributed by atoms with Crippen molar-refractivity contribution in [1.82, 2.24) is 0 Å². The van der Waals surface area contributed by atoms with E-state index in [1.54, 1.807) is 0 Å². The van der Waals surface area contributed by atoms with Gasteiger partial charge in [-0.05, 0) is 12.1 Å². The summed E-state index contributed by atoms with van der Waals surface area (Å²) in [6.45, 7) is 0. The molecule has 0 bridgehead atoms. The van der Waals surface area contributed by atoms with Gasteiger partial charge >= 0.3 is 6.28 Å². The molecule has 5 rings (SSSR count). The zero-order valence-electron chi connectivity index (χ0n) is 15.1. The number of benzene rings is 3. The molecule has 4 aromatic rings. The molecule has 1 aliphatic heterocycles. The van der Waals surface area contributed by atoms with Gasteiger partial charge in [-0.2, -0.15) is 0 Å². The van der Waals surface area contributed by atoms with Crippen LogP contribution < -0.4 is 15.4 Å². The number of rotatable bonds is 3. The van der Waals surface area contributed by atoms with Crippen molar-refractivity contribution in [2.75, 3.05) is 0 Å². The Balaban J connectivity index is 1.91. The van der Waals surface area contributed by atoms with E-state index in [9.17, 15) is 0 Å². The predicted molar refractivity (Wildman–Crippen MR) is 114 cm³/mol. The fraction of sp³-hybridized carbons (Fsp3) is 0. The van der Waals surface area contributed by atoms with Gasteiger partial charge in [-0.1, -0.05) is 103 Å². The van der Waals surface area contributed by atoms with Gasteiger partial charge < -0.3 is 4.48 Å². The number of fused-ring (bicyclic) bond motifs is 1. The van der Waals surface area contributed by atoms with Crippen LogP contribution in [0.3, 0.4) is 0 Å². The lowest BCUT2D eigenvalue weighted by atomic mass is 9.23. The first-order chi connectivity index (χ1) is 13.4. The molecule has 1 aliphatic rings. The highest BCUT2D eigenvalue weighted by Gasteiger charge is 2.48. The molecule has 0 N–H and O–H groups in total. The summed E-state index contributed by atoms with van der Waals surface area (Å²) in [7, 11) is 0. The van der Waals surface area contributed by atoms with Crippen molar-refractivity contribution in [3.8, 4) is 0 Å². The van der Waals surface area contributed by atoms with Gasteiger partial charge in [0.25, 0.3) is 0 Å². The van der Waals surface area contributed by atoms with Crippen LogP contribution in [-0.4, -0.2) is 6.28 Å². The third kappa shape index (κ3) is 2.37. The van der Waals surface area contributed by atoms with E-state index in [0.29, 0.717) is 0 Å². The van der Waals surface area contributed by atoms with Gasteiger partial charge in [-0.3, -0.25) is 0 Å². The maximum atomic E-state index is 2.47. The number of hydrogen-bond donors (Lipinski definition) is 0. The predicted octanol–water partition coefficient (Wildman–Crippen LogP) is 3.68. The summed E-state index contributed by atoms with van der Waals surface area (Å²) in [5.74, 6) is 0. The molecule has 0 aliphatic carbocycles. The van der Waals surface area contributed by atoms with E-state index in [0.717, 1.165) is 0 Å². The normalized spacial score (nSPS) is 14.4. The SMILES string of the molecule is C1=C(c2ccccc2)[B-](c2ccccc2)(c2ccccc2)[n+]2ccccc21. The second-order valence-corrected chi connectivity index (χ2v) is 7.14. The third-order valence-electron chi connectivity index (χ3n) is 5.76. The van der Waals surface area contributed by atoms with Crippen LogP contribution in [0.4, 0.5) is 0 Å². The lowest BCUT2D eigenvalue weighted by Gasteiger charge is -2.35. The quantitative estimate of drug-likeness (QED) is 0.499. The minimum absolute atomic E-state index is 1.24. The number of aromatic nitrogens is 1. The van der Waals surface area contributed by atoms with Gasteiger partial charge in [0.1, 0.15) is 11.9 Å². The van der Waals surface area contributed by atoms with Crippen LogP contribution in [0.5, 0.6) is 0 Å². The molecule has 1 nitrogen and oxygen atoms in total. The van der Waals surface area contributed by atoms with E-state index >= 15 is 0 Å². The smallest absolute Gasteiger partial charge is 0.361 e. The Bertz CT molecular complexity index is 1060. The van der Waals surface area contributed by atoms with E-state index in [1.807, 2.05) is 0 Å². The Hall–Kier alpha value is -3.39. The van der Waals surface area contributed by atoms with E-state index in [2.05, 4.69) is 126 Å². The van der Waals surface area contributed by atoms with Crippen molar-refractivity contribution >= 4 is 28.8 Å². The number of pyridine rings is 1. The lowest BCUT2D eigenvalue weighted by molar-refractivity contribution is -0.538. The van der Waals surface area contributed by atoms with Gasteiger partial charge in [0.15, 0.2) is 0 Å². The number of nitrogens with zero attached hydrogens (tertiary/aromatic N) is 1. The molecule has 0 unspecified atom stereocenters. The minimum atomic E-state index is -1.29. The maximum absolute atomic E-state index is 2.47. The van der Waals surface area contributed by atoms with Crippen molar-refractivity contribution in [1.29, 1.82) is 0 Å². The highest BCUT2D eigenvalue weighted by molar-refractivity contribution is 7.10. The molecule has 128 valence electrons. The van der Waals surface area contributed by atoms with E-state index in [1.165, 1.54) is 27.7 Å². The average molecular weight is 345 g/mol. The summed E-state index contributed by atoms with van der Waals surface area (Å²) in [6.07, 6.45) is 3.29. The first kappa shape index (κ1) is 15.8. The van der Waals surface area contributed by atoms with Crippen LogP contribution in [0, 0.1) is 0 Å². The summed E-state index contributed by atoms with van der Waals surface area (Å²) in [6, 6.07) is 39.1. The van der Waals surface area contributed by atoms with Crippen LogP contribution in [0.25, 0.3) is 11.5 Å². The first-order valence-corrected chi connectivity index (χ1v) is 9.45. The average Bonchev–Trinajstić information content (AvgIpc) is 3.12. The Morgan fingerprint density at radius 1 is 0.519 bits per heavy atom. The molecule has 0 atom stereocenters. The zero-order valence-corrected chi connectivity index (χ0v) is 15.1. The molecular weight excluding hydrogens is 325 g/mol. The van der Waals surface area contributed by atoms with Crippen LogP contribution in [-0.2, 0) is 0 Å². The van der Waals surface area contributed by atoms with Crippen molar-refractivity contribution in [2.45, 2.75) is 0 Å². The second-order valence-electron chi connectivity index (χ2n) is 7.14. The molecule has 0 fully saturated rings. The Morgan fingerprint density at radius 3 is 1.63 bits per heavy atom. The van der Waals surface area contributed by atoms with Gasteiger partial charge in [-0.25, -0.2) is 0 Å². The van der Waals surface area contributed by atoms with Crippen LogP contribution in [0.2, 0.25) is 0 Å². The van der Waals surface area contributed by atoms with E-state index < -0.39 is 6.28 Å². The minimum Gasteiger partial charge on any atom is -0.409 e. The molecular formula is C25H20BN. The van der Waals surface area contributed by atoms with Gasteiger partial charge in [0.2, 0.25) is 0 Å². The molecule has 27 heavy (non-hydrogen) atoms. The Morgan fingerprint density at radius 2 is 1.04 bits per heavy atom.